The van der Waals surface area contributed by atoms with Gasteiger partial charge in [-0.2, -0.15) is 0 Å². The number of benzene rings is 1. The van der Waals surface area contributed by atoms with Gasteiger partial charge in [0, 0.05) is 17.9 Å². The lowest BCUT2D eigenvalue weighted by Crippen LogP contribution is -2.32. The molecule has 0 spiro atoms. The smallest absolute Gasteiger partial charge is 0.166 e. The number of aromatic amines is 1. The second-order valence-electron chi connectivity index (χ2n) is 5.10. The molecule has 1 heterocycles. The van der Waals surface area contributed by atoms with Gasteiger partial charge in [-0.25, -0.2) is 4.98 Å². The predicted octanol–water partition coefficient (Wildman–Crippen LogP) is 3.30. The zero-order valence-corrected chi connectivity index (χ0v) is 13.4. The first-order valence-corrected chi connectivity index (χ1v) is 8.05. The molecule has 2 N–H and O–H groups in total. The summed E-state index contributed by atoms with van der Waals surface area (Å²) in [6, 6.07) is 6.46. The minimum atomic E-state index is 0.493. The van der Waals surface area contributed by atoms with Crippen molar-refractivity contribution >= 4 is 22.8 Å². The Morgan fingerprint density at radius 2 is 2.20 bits per heavy atom. The van der Waals surface area contributed by atoms with E-state index in [0.29, 0.717) is 18.6 Å². The Balaban J connectivity index is 2.07. The van der Waals surface area contributed by atoms with Crippen LogP contribution in [0.15, 0.2) is 23.4 Å². The van der Waals surface area contributed by atoms with Crippen molar-refractivity contribution in [2.75, 3.05) is 19.4 Å². The average molecular weight is 293 g/mol. The van der Waals surface area contributed by atoms with E-state index in [9.17, 15) is 0 Å². The van der Waals surface area contributed by atoms with Crippen molar-refractivity contribution in [3.63, 3.8) is 0 Å². The van der Waals surface area contributed by atoms with E-state index in [1.165, 1.54) is 0 Å². The van der Waals surface area contributed by atoms with Crippen LogP contribution in [0.5, 0.6) is 5.75 Å². The van der Waals surface area contributed by atoms with Gasteiger partial charge in [0.25, 0.3) is 0 Å². The minimum Gasteiger partial charge on any atom is -0.494 e. The highest BCUT2D eigenvalue weighted by Crippen LogP contribution is 2.24. The molecule has 0 amide bonds. The highest BCUT2D eigenvalue weighted by atomic mass is 32.2. The largest absolute Gasteiger partial charge is 0.494 e. The molecular weight excluding hydrogens is 270 g/mol. The molecule has 1 aromatic heterocycles. The van der Waals surface area contributed by atoms with Crippen molar-refractivity contribution in [1.82, 2.24) is 15.3 Å². The molecule has 0 aliphatic carbocycles. The van der Waals surface area contributed by atoms with Crippen LogP contribution >= 0.6 is 11.8 Å². The van der Waals surface area contributed by atoms with Crippen molar-refractivity contribution in [1.29, 1.82) is 0 Å². The van der Waals surface area contributed by atoms with Gasteiger partial charge in [-0.15, -0.1) is 0 Å². The van der Waals surface area contributed by atoms with Crippen LogP contribution in [-0.2, 0) is 0 Å². The summed E-state index contributed by atoms with van der Waals surface area (Å²) in [7, 11) is 2.01. The van der Waals surface area contributed by atoms with Crippen LogP contribution in [0.1, 0.15) is 20.8 Å². The number of H-pyrrole nitrogens is 1. The Labute approximate surface area is 124 Å². The number of ether oxygens (including phenoxy) is 1. The van der Waals surface area contributed by atoms with E-state index in [1.807, 2.05) is 32.2 Å². The number of hydrogen-bond donors (Lipinski definition) is 2. The number of imidazole rings is 1. The number of rotatable bonds is 7. The van der Waals surface area contributed by atoms with E-state index in [0.717, 1.165) is 27.7 Å². The van der Waals surface area contributed by atoms with Crippen LogP contribution in [0.4, 0.5) is 0 Å². The summed E-state index contributed by atoms with van der Waals surface area (Å²) in [5.41, 5.74) is 2.02. The molecule has 0 fully saturated rings. The summed E-state index contributed by atoms with van der Waals surface area (Å²) < 4.78 is 5.51. The third kappa shape index (κ3) is 3.67. The van der Waals surface area contributed by atoms with Gasteiger partial charge in [-0.05, 0) is 32.0 Å². The average Bonchev–Trinajstić information content (AvgIpc) is 2.81. The summed E-state index contributed by atoms with van der Waals surface area (Å²) in [5.74, 6) is 2.50. The van der Waals surface area contributed by atoms with Crippen molar-refractivity contribution in [2.24, 2.45) is 5.92 Å². The van der Waals surface area contributed by atoms with Crippen molar-refractivity contribution in [3.8, 4) is 5.75 Å². The maximum absolute atomic E-state index is 5.51. The van der Waals surface area contributed by atoms with Crippen LogP contribution in [0.2, 0.25) is 0 Å². The first kappa shape index (κ1) is 15.2. The number of nitrogens with zero attached hydrogens (tertiary/aromatic N) is 1. The van der Waals surface area contributed by atoms with Gasteiger partial charge in [-0.3, -0.25) is 0 Å². The zero-order valence-electron chi connectivity index (χ0n) is 12.6. The highest BCUT2D eigenvalue weighted by molar-refractivity contribution is 7.99. The normalized spacial score (nSPS) is 13.1. The highest BCUT2D eigenvalue weighted by Gasteiger charge is 2.12. The van der Waals surface area contributed by atoms with Gasteiger partial charge in [0.2, 0.25) is 0 Å². The lowest BCUT2D eigenvalue weighted by molar-refractivity contribution is 0.340. The Kier molecular flexibility index (Phi) is 5.31. The summed E-state index contributed by atoms with van der Waals surface area (Å²) >= 11 is 1.76. The van der Waals surface area contributed by atoms with E-state index in [1.54, 1.807) is 11.8 Å². The van der Waals surface area contributed by atoms with Crippen LogP contribution < -0.4 is 10.1 Å². The predicted molar refractivity (Wildman–Crippen MR) is 85.7 cm³/mol. The quantitative estimate of drug-likeness (QED) is 0.769. The monoisotopic (exact) mass is 293 g/mol. The molecule has 110 valence electrons. The molecule has 2 rings (SSSR count). The van der Waals surface area contributed by atoms with Crippen LogP contribution in [0.3, 0.4) is 0 Å². The van der Waals surface area contributed by atoms with E-state index in [-0.39, 0.29) is 0 Å². The summed E-state index contributed by atoms with van der Waals surface area (Å²) in [6.45, 7) is 7.13. The summed E-state index contributed by atoms with van der Waals surface area (Å²) in [5, 5.41) is 4.32. The first-order chi connectivity index (χ1) is 9.63. The van der Waals surface area contributed by atoms with Crippen molar-refractivity contribution in [2.45, 2.75) is 32.0 Å². The molecular formula is C15H23N3OS. The van der Waals surface area contributed by atoms with E-state index >= 15 is 0 Å². The molecule has 4 nitrogen and oxygen atoms in total. The molecule has 20 heavy (non-hydrogen) atoms. The molecule has 1 atom stereocenters. The van der Waals surface area contributed by atoms with Crippen LogP contribution in [0.25, 0.3) is 11.0 Å². The number of aromatic nitrogens is 2. The third-order valence-corrected chi connectivity index (χ3v) is 4.31. The fourth-order valence-corrected chi connectivity index (χ4v) is 3.30. The van der Waals surface area contributed by atoms with Crippen molar-refractivity contribution < 1.29 is 4.74 Å². The fraction of sp³-hybridized carbons (Fsp3) is 0.533. The molecule has 0 bridgehead atoms. The van der Waals surface area contributed by atoms with Crippen molar-refractivity contribution in [3.05, 3.63) is 18.2 Å². The second kappa shape index (κ2) is 6.99. The van der Waals surface area contributed by atoms with Gasteiger partial charge < -0.3 is 15.0 Å². The van der Waals surface area contributed by atoms with E-state index in [4.69, 9.17) is 4.74 Å². The van der Waals surface area contributed by atoms with Crippen LogP contribution in [0, 0.1) is 5.92 Å². The summed E-state index contributed by atoms with van der Waals surface area (Å²) in [4.78, 5) is 7.96. The van der Waals surface area contributed by atoms with Gasteiger partial charge in [0.1, 0.15) is 5.75 Å². The standard InChI is InChI=1S/C15H23N3OS/c1-5-19-11-6-7-12-13(8-11)18-15(17-12)20-9-14(16-4)10(2)3/h6-8,10,14,16H,5,9H2,1-4H3,(H,17,18). The van der Waals surface area contributed by atoms with Crippen LogP contribution in [-0.4, -0.2) is 35.4 Å². The third-order valence-electron chi connectivity index (χ3n) is 3.32. The molecule has 0 aliphatic heterocycles. The molecule has 1 unspecified atom stereocenters. The molecule has 0 aliphatic rings. The molecule has 0 saturated heterocycles. The number of thioether (sulfide) groups is 1. The Hall–Kier alpha value is -1.20. The number of nitrogens with one attached hydrogen (secondary N) is 2. The second-order valence-corrected chi connectivity index (χ2v) is 6.11. The van der Waals surface area contributed by atoms with E-state index < -0.39 is 0 Å². The molecule has 2 aromatic rings. The molecule has 1 aromatic carbocycles. The minimum absolute atomic E-state index is 0.493. The Morgan fingerprint density at radius 1 is 1.40 bits per heavy atom. The van der Waals surface area contributed by atoms with Gasteiger partial charge in [0.05, 0.1) is 17.6 Å². The summed E-state index contributed by atoms with van der Waals surface area (Å²) in [6.07, 6.45) is 0. The zero-order chi connectivity index (χ0) is 14.5. The maximum atomic E-state index is 5.51. The van der Waals surface area contributed by atoms with Gasteiger partial charge in [-0.1, -0.05) is 25.6 Å². The van der Waals surface area contributed by atoms with E-state index in [2.05, 4.69) is 29.1 Å². The number of fused-ring (bicyclic) bond motifs is 1. The van der Waals surface area contributed by atoms with Gasteiger partial charge >= 0.3 is 0 Å². The Bertz CT molecular complexity index is 553. The topological polar surface area (TPSA) is 49.9 Å². The SMILES string of the molecule is CCOc1ccc2nc(SCC(NC)C(C)C)[nH]c2c1. The fourth-order valence-electron chi connectivity index (χ4n) is 2.07. The molecule has 0 radical (unpaired) electrons. The Morgan fingerprint density at radius 3 is 2.85 bits per heavy atom. The maximum Gasteiger partial charge on any atom is 0.166 e. The van der Waals surface area contributed by atoms with Gasteiger partial charge in [0.15, 0.2) is 5.16 Å². The lowest BCUT2D eigenvalue weighted by Gasteiger charge is -2.18. The number of hydrogen-bond acceptors (Lipinski definition) is 4. The molecule has 5 heteroatoms. The lowest BCUT2D eigenvalue weighted by atomic mass is 10.1. The molecule has 0 saturated carbocycles. The first-order valence-electron chi connectivity index (χ1n) is 7.06.